The van der Waals surface area contributed by atoms with Gasteiger partial charge in [-0.05, 0) is 19.1 Å². The molecule has 4 heteroatoms. The van der Waals surface area contributed by atoms with E-state index in [1.165, 1.54) is 17.4 Å². The van der Waals surface area contributed by atoms with Crippen LogP contribution in [0, 0.1) is 12.7 Å². The SMILES string of the molecule is Cc1sc(-c2ccccc2F)nc1C=O. The first-order valence-corrected chi connectivity index (χ1v) is 5.21. The molecule has 1 heterocycles. The molecule has 2 rings (SSSR count). The largest absolute Gasteiger partial charge is 0.296 e. The third kappa shape index (κ3) is 1.80. The van der Waals surface area contributed by atoms with Gasteiger partial charge in [0.15, 0.2) is 6.29 Å². The van der Waals surface area contributed by atoms with Crippen LogP contribution in [0.3, 0.4) is 0 Å². The Kier molecular flexibility index (Phi) is 2.60. The first kappa shape index (κ1) is 9.98. The fraction of sp³-hybridized carbons (Fsp3) is 0.0909. The molecule has 0 amide bonds. The van der Waals surface area contributed by atoms with E-state index in [-0.39, 0.29) is 5.82 Å². The van der Waals surface area contributed by atoms with E-state index in [9.17, 15) is 9.18 Å². The zero-order valence-corrected chi connectivity index (χ0v) is 8.84. The van der Waals surface area contributed by atoms with Gasteiger partial charge in [-0.1, -0.05) is 12.1 Å². The Hall–Kier alpha value is -1.55. The minimum absolute atomic E-state index is 0.316. The molecule has 0 aliphatic carbocycles. The van der Waals surface area contributed by atoms with Crippen LogP contribution in [0.4, 0.5) is 4.39 Å². The number of hydrogen-bond acceptors (Lipinski definition) is 3. The molecule has 0 spiro atoms. The number of hydrogen-bond donors (Lipinski definition) is 0. The van der Waals surface area contributed by atoms with Crippen molar-refractivity contribution >= 4 is 17.6 Å². The van der Waals surface area contributed by atoms with Gasteiger partial charge in [0.2, 0.25) is 0 Å². The maximum Gasteiger partial charge on any atom is 0.169 e. The van der Waals surface area contributed by atoms with Gasteiger partial charge in [0, 0.05) is 10.4 Å². The van der Waals surface area contributed by atoms with Gasteiger partial charge < -0.3 is 0 Å². The Morgan fingerprint density at radius 2 is 2.13 bits per heavy atom. The van der Waals surface area contributed by atoms with Crippen LogP contribution in [-0.4, -0.2) is 11.3 Å². The van der Waals surface area contributed by atoms with Crippen molar-refractivity contribution in [3.05, 3.63) is 40.7 Å². The van der Waals surface area contributed by atoms with E-state index in [1.54, 1.807) is 25.1 Å². The molecule has 0 radical (unpaired) electrons. The van der Waals surface area contributed by atoms with E-state index in [1.807, 2.05) is 0 Å². The minimum atomic E-state index is -0.316. The summed E-state index contributed by atoms with van der Waals surface area (Å²) in [5.41, 5.74) is 0.831. The first-order valence-electron chi connectivity index (χ1n) is 4.40. The summed E-state index contributed by atoms with van der Waals surface area (Å²) in [5.74, 6) is -0.316. The topological polar surface area (TPSA) is 30.0 Å². The Bertz CT molecular complexity index is 507. The van der Waals surface area contributed by atoms with E-state index in [4.69, 9.17) is 0 Å². The molecule has 0 aliphatic rings. The Morgan fingerprint density at radius 3 is 2.73 bits per heavy atom. The van der Waals surface area contributed by atoms with Gasteiger partial charge in [-0.2, -0.15) is 0 Å². The maximum atomic E-state index is 13.4. The molecule has 15 heavy (non-hydrogen) atoms. The van der Waals surface area contributed by atoms with Crippen molar-refractivity contribution < 1.29 is 9.18 Å². The molecule has 0 fully saturated rings. The lowest BCUT2D eigenvalue weighted by Gasteiger charge is -1.96. The van der Waals surface area contributed by atoms with Crippen molar-refractivity contribution in [1.82, 2.24) is 4.98 Å². The molecule has 0 saturated heterocycles. The van der Waals surface area contributed by atoms with Gasteiger partial charge in [-0.15, -0.1) is 11.3 Å². The molecule has 0 N–H and O–H groups in total. The van der Waals surface area contributed by atoms with Crippen LogP contribution in [0.15, 0.2) is 24.3 Å². The average molecular weight is 221 g/mol. The number of aryl methyl sites for hydroxylation is 1. The zero-order valence-electron chi connectivity index (χ0n) is 8.03. The average Bonchev–Trinajstić information content (AvgIpc) is 2.60. The number of halogens is 1. The molecule has 0 unspecified atom stereocenters. The molecule has 1 aromatic heterocycles. The van der Waals surface area contributed by atoms with Crippen LogP contribution in [-0.2, 0) is 0 Å². The van der Waals surface area contributed by atoms with Crippen LogP contribution in [0.2, 0.25) is 0 Å². The summed E-state index contributed by atoms with van der Waals surface area (Å²) in [6, 6.07) is 6.41. The second kappa shape index (κ2) is 3.90. The second-order valence-electron chi connectivity index (χ2n) is 3.06. The monoisotopic (exact) mass is 221 g/mol. The number of nitrogens with zero attached hydrogens (tertiary/aromatic N) is 1. The minimum Gasteiger partial charge on any atom is -0.296 e. The van der Waals surface area contributed by atoms with Crippen LogP contribution in [0.25, 0.3) is 10.6 Å². The molecule has 0 bridgehead atoms. The lowest BCUT2D eigenvalue weighted by Crippen LogP contribution is -1.84. The fourth-order valence-corrected chi connectivity index (χ4v) is 2.18. The predicted octanol–water partition coefficient (Wildman–Crippen LogP) is 3.07. The number of thiazole rings is 1. The molecule has 0 aliphatic heterocycles. The Balaban J connectivity index is 2.55. The van der Waals surface area contributed by atoms with Crippen LogP contribution in [0.1, 0.15) is 15.4 Å². The Morgan fingerprint density at radius 1 is 1.40 bits per heavy atom. The summed E-state index contributed by atoms with van der Waals surface area (Å²) in [4.78, 5) is 15.5. The lowest BCUT2D eigenvalue weighted by atomic mass is 10.2. The van der Waals surface area contributed by atoms with Crippen LogP contribution >= 0.6 is 11.3 Å². The molecule has 0 atom stereocenters. The highest BCUT2D eigenvalue weighted by Crippen LogP contribution is 2.28. The van der Waals surface area contributed by atoms with E-state index in [2.05, 4.69) is 4.98 Å². The Labute approximate surface area is 90.4 Å². The summed E-state index contributed by atoms with van der Waals surface area (Å²) in [6.07, 6.45) is 0.691. The van der Waals surface area contributed by atoms with Crippen molar-refractivity contribution in [2.75, 3.05) is 0 Å². The van der Waals surface area contributed by atoms with Crippen molar-refractivity contribution in [2.24, 2.45) is 0 Å². The predicted molar refractivity (Wildman–Crippen MR) is 57.6 cm³/mol. The highest BCUT2D eigenvalue weighted by atomic mass is 32.1. The van der Waals surface area contributed by atoms with E-state index in [0.717, 1.165) is 4.88 Å². The van der Waals surface area contributed by atoms with Crippen LogP contribution < -0.4 is 0 Å². The molecule has 2 nitrogen and oxygen atoms in total. The summed E-state index contributed by atoms with van der Waals surface area (Å²) in [5, 5.41) is 0.549. The normalized spacial score (nSPS) is 10.3. The first-order chi connectivity index (χ1) is 7.22. The summed E-state index contributed by atoms with van der Waals surface area (Å²) in [6.45, 7) is 1.80. The highest BCUT2D eigenvalue weighted by Gasteiger charge is 2.11. The third-order valence-electron chi connectivity index (χ3n) is 2.05. The van der Waals surface area contributed by atoms with Gasteiger partial charge in [0.25, 0.3) is 0 Å². The summed E-state index contributed by atoms with van der Waals surface area (Å²) >= 11 is 1.32. The number of benzene rings is 1. The van der Waals surface area contributed by atoms with Gasteiger partial charge >= 0.3 is 0 Å². The van der Waals surface area contributed by atoms with Gasteiger partial charge in [0.1, 0.15) is 16.5 Å². The molecular weight excluding hydrogens is 213 g/mol. The van der Waals surface area contributed by atoms with Crippen molar-refractivity contribution in [3.8, 4) is 10.6 Å². The summed E-state index contributed by atoms with van der Waals surface area (Å²) in [7, 11) is 0. The molecule has 76 valence electrons. The van der Waals surface area contributed by atoms with Gasteiger partial charge in [0.05, 0.1) is 0 Å². The lowest BCUT2D eigenvalue weighted by molar-refractivity contribution is 0.111. The van der Waals surface area contributed by atoms with Gasteiger partial charge in [-0.3, -0.25) is 4.79 Å². The quantitative estimate of drug-likeness (QED) is 0.729. The van der Waals surface area contributed by atoms with E-state index in [0.29, 0.717) is 22.6 Å². The fourth-order valence-electron chi connectivity index (χ4n) is 1.27. The van der Waals surface area contributed by atoms with Gasteiger partial charge in [-0.25, -0.2) is 9.37 Å². The number of carbonyl (C=O) groups is 1. The molecular formula is C11H8FNOS. The number of aldehydes is 1. The second-order valence-corrected chi connectivity index (χ2v) is 4.26. The highest BCUT2D eigenvalue weighted by molar-refractivity contribution is 7.15. The maximum absolute atomic E-state index is 13.4. The molecule has 1 aromatic carbocycles. The molecule has 0 saturated carbocycles. The number of aromatic nitrogens is 1. The van der Waals surface area contributed by atoms with Crippen molar-refractivity contribution in [2.45, 2.75) is 6.92 Å². The summed E-state index contributed by atoms with van der Waals surface area (Å²) < 4.78 is 13.4. The van der Waals surface area contributed by atoms with Crippen LogP contribution in [0.5, 0.6) is 0 Å². The van der Waals surface area contributed by atoms with Crippen molar-refractivity contribution in [3.63, 3.8) is 0 Å². The third-order valence-corrected chi connectivity index (χ3v) is 3.07. The number of rotatable bonds is 2. The van der Waals surface area contributed by atoms with E-state index < -0.39 is 0 Å². The molecule has 2 aromatic rings. The van der Waals surface area contributed by atoms with E-state index >= 15 is 0 Å². The zero-order chi connectivity index (χ0) is 10.8. The smallest absolute Gasteiger partial charge is 0.169 e. The van der Waals surface area contributed by atoms with Crippen molar-refractivity contribution in [1.29, 1.82) is 0 Å². The standard InChI is InChI=1S/C11H8FNOS/c1-7-10(6-14)13-11(15-7)8-4-2-3-5-9(8)12/h2-6H,1H3. The number of carbonyl (C=O) groups excluding carboxylic acids is 1.